The topological polar surface area (TPSA) is 158 Å². The number of nitrogens with one attached hydrogen (secondary N) is 2. The van der Waals surface area contributed by atoms with Gasteiger partial charge in [0.25, 0.3) is 11.1 Å². The van der Waals surface area contributed by atoms with Crippen LogP contribution in [0, 0.1) is 5.92 Å². The Morgan fingerprint density at radius 2 is 0.976 bits per heavy atom. The minimum Gasteiger partial charge on any atom is -0.340 e. The molecule has 16 heteroatoms. The van der Waals surface area contributed by atoms with Crippen LogP contribution in [0.25, 0.3) is 22.3 Å². The van der Waals surface area contributed by atoms with Gasteiger partial charge >= 0.3 is 11.4 Å². The van der Waals surface area contributed by atoms with Crippen LogP contribution in [0.5, 0.6) is 0 Å². The highest BCUT2D eigenvalue weighted by Gasteiger charge is 2.28. The molecule has 226 valence electrons. The van der Waals surface area contributed by atoms with Crippen molar-refractivity contribution in [3.63, 3.8) is 0 Å². The van der Waals surface area contributed by atoms with Crippen LogP contribution >= 0.6 is 0 Å². The second-order valence-corrected chi connectivity index (χ2v) is 11.7. The Balaban J connectivity index is 1.43. The maximum Gasteiger partial charge on any atom is 0.329 e. The number of H-pyrrole nitrogens is 2. The van der Waals surface area contributed by atoms with Crippen molar-refractivity contribution in [2.45, 2.75) is 20.0 Å². The molecular formula is C26H38N12O4. The van der Waals surface area contributed by atoms with E-state index in [1.165, 1.54) is 9.13 Å². The van der Waals surface area contributed by atoms with Gasteiger partial charge in [0, 0.05) is 79.5 Å². The van der Waals surface area contributed by atoms with Crippen molar-refractivity contribution in [2.75, 3.05) is 76.3 Å². The molecule has 16 nitrogen and oxygen atoms in total. The number of hydrogen-bond acceptors (Lipinski definition) is 10. The van der Waals surface area contributed by atoms with Gasteiger partial charge in [0.1, 0.15) is 0 Å². The van der Waals surface area contributed by atoms with Gasteiger partial charge in [0.15, 0.2) is 22.3 Å². The first kappa shape index (κ1) is 28.0. The number of nitrogens with zero attached hydrogens (tertiary/aromatic N) is 10. The van der Waals surface area contributed by atoms with E-state index in [1.807, 2.05) is 16.1 Å². The molecular weight excluding hydrogens is 544 g/mol. The van der Waals surface area contributed by atoms with Gasteiger partial charge in [-0.1, -0.05) is 6.92 Å². The van der Waals surface area contributed by atoms with Crippen molar-refractivity contribution in [3.05, 3.63) is 41.7 Å². The van der Waals surface area contributed by atoms with Gasteiger partial charge in [-0.2, -0.15) is 9.97 Å². The molecule has 0 aromatic carbocycles. The van der Waals surface area contributed by atoms with Gasteiger partial charge in [0.2, 0.25) is 11.9 Å². The van der Waals surface area contributed by atoms with Gasteiger partial charge in [-0.3, -0.25) is 28.7 Å². The maximum absolute atomic E-state index is 13.1. The van der Waals surface area contributed by atoms with Gasteiger partial charge in [0.05, 0.1) is 0 Å². The van der Waals surface area contributed by atoms with Crippen molar-refractivity contribution in [1.29, 1.82) is 0 Å². The first-order chi connectivity index (χ1) is 20.0. The van der Waals surface area contributed by atoms with Crippen molar-refractivity contribution in [1.82, 2.24) is 48.0 Å². The fourth-order valence-corrected chi connectivity index (χ4v) is 5.97. The second kappa shape index (κ2) is 10.6. The number of piperazine rings is 2. The second-order valence-electron chi connectivity index (χ2n) is 11.7. The number of imidazole rings is 2. The summed E-state index contributed by atoms with van der Waals surface area (Å²) in [6.45, 7) is 9.23. The van der Waals surface area contributed by atoms with Crippen LogP contribution in [0.1, 0.15) is 6.92 Å². The van der Waals surface area contributed by atoms with E-state index >= 15 is 0 Å². The van der Waals surface area contributed by atoms with E-state index in [9.17, 15) is 19.2 Å². The summed E-state index contributed by atoms with van der Waals surface area (Å²) >= 11 is 0. The van der Waals surface area contributed by atoms with Crippen molar-refractivity contribution < 1.29 is 0 Å². The van der Waals surface area contributed by atoms with Crippen LogP contribution in [0.2, 0.25) is 0 Å². The Labute approximate surface area is 240 Å². The summed E-state index contributed by atoms with van der Waals surface area (Å²) in [6, 6.07) is 0. The minimum atomic E-state index is -0.512. The molecule has 0 unspecified atom stereocenters. The molecule has 2 aliphatic rings. The van der Waals surface area contributed by atoms with E-state index < -0.39 is 22.5 Å². The van der Waals surface area contributed by atoms with Crippen molar-refractivity contribution in [2.24, 2.45) is 20.0 Å². The standard InChI is InChI=1S/C26H38N12O4/c1-16(14-37-17-19(33(4)25(41)29-21(17)39)27-23(37)35-10-6-31(2)7-11-35)15-38-18-20(34(5)26(42)30-22(18)40)28-24(38)36-12-8-32(3)9-13-36/h16H,6-15H2,1-5H3,(H,29,39,41)(H,30,40,42). The van der Waals surface area contributed by atoms with Gasteiger partial charge in [-0.15, -0.1) is 0 Å². The summed E-state index contributed by atoms with van der Waals surface area (Å²) in [6.07, 6.45) is 0. The van der Waals surface area contributed by atoms with E-state index in [1.54, 1.807) is 14.1 Å². The van der Waals surface area contributed by atoms with E-state index in [-0.39, 0.29) is 5.92 Å². The average Bonchev–Trinajstić information content (AvgIpc) is 3.51. The van der Waals surface area contributed by atoms with Crippen LogP contribution in [-0.2, 0) is 27.2 Å². The lowest BCUT2D eigenvalue weighted by atomic mass is 10.1. The molecule has 0 amide bonds. The minimum absolute atomic E-state index is 0.0921. The monoisotopic (exact) mass is 582 g/mol. The molecule has 2 N–H and O–H groups in total. The first-order valence-corrected chi connectivity index (χ1v) is 14.3. The summed E-state index contributed by atoms with van der Waals surface area (Å²) in [5.74, 6) is 1.20. The molecule has 0 bridgehead atoms. The zero-order valence-corrected chi connectivity index (χ0v) is 24.8. The van der Waals surface area contributed by atoms with E-state index in [0.717, 1.165) is 52.4 Å². The van der Waals surface area contributed by atoms with Crippen LogP contribution < -0.4 is 32.3 Å². The molecule has 0 atom stereocenters. The Kier molecular flexibility index (Phi) is 7.04. The smallest absolute Gasteiger partial charge is 0.329 e. The van der Waals surface area contributed by atoms with Crippen LogP contribution in [-0.4, -0.2) is 114 Å². The molecule has 4 aromatic rings. The molecule has 2 aliphatic heterocycles. The number of anilines is 2. The predicted octanol–water partition coefficient (Wildman–Crippen LogP) is -2.00. The maximum atomic E-state index is 13.1. The fourth-order valence-electron chi connectivity index (χ4n) is 5.97. The van der Waals surface area contributed by atoms with E-state index in [4.69, 9.17) is 9.97 Å². The normalized spacial score (nSPS) is 17.4. The number of fused-ring (bicyclic) bond motifs is 2. The van der Waals surface area contributed by atoms with Crippen molar-refractivity contribution >= 4 is 34.2 Å². The van der Waals surface area contributed by atoms with Gasteiger partial charge < -0.3 is 28.7 Å². The molecule has 0 radical (unpaired) electrons. The molecule has 6 heterocycles. The highest BCUT2D eigenvalue weighted by atomic mass is 16.2. The van der Waals surface area contributed by atoms with Crippen LogP contribution in [0.15, 0.2) is 19.2 Å². The third kappa shape index (κ3) is 4.73. The number of hydrogen-bond donors (Lipinski definition) is 2. The Bertz CT molecular complexity index is 1740. The third-order valence-electron chi connectivity index (χ3n) is 8.53. The number of rotatable bonds is 6. The van der Waals surface area contributed by atoms with E-state index in [2.05, 4.69) is 43.7 Å². The zero-order valence-electron chi connectivity index (χ0n) is 24.8. The lowest BCUT2D eigenvalue weighted by Gasteiger charge is -2.34. The average molecular weight is 583 g/mol. The fraction of sp³-hybridized carbons (Fsp3) is 0.615. The third-order valence-corrected chi connectivity index (χ3v) is 8.53. The largest absolute Gasteiger partial charge is 0.340 e. The summed E-state index contributed by atoms with van der Waals surface area (Å²) in [5, 5.41) is 0. The molecule has 0 saturated carbocycles. The molecule has 2 fully saturated rings. The molecule has 0 aliphatic carbocycles. The lowest BCUT2D eigenvalue weighted by molar-refractivity contribution is 0.307. The van der Waals surface area contributed by atoms with Crippen LogP contribution in [0.3, 0.4) is 0 Å². The Morgan fingerprint density at radius 3 is 1.33 bits per heavy atom. The Hall–Kier alpha value is -4.18. The number of likely N-dealkylation sites (N-methyl/N-ethyl adjacent to an activating group) is 2. The molecule has 4 aromatic heterocycles. The summed E-state index contributed by atoms with van der Waals surface area (Å²) in [7, 11) is 7.35. The predicted molar refractivity (Wildman–Crippen MR) is 160 cm³/mol. The highest BCUT2D eigenvalue weighted by Crippen LogP contribution is 2.26. The van der Waals surface area contributed by atoms with Gasteiger partial charge in [-0.05, 0) is 20.0 Å². The van der Waals surface area contributed by atoms with Crippen LogP contribution in [0.4, 0.5) is 11.9 Å². The number of aryl methyl sites for hydroxylation is 2. The first-order valence-electron chi connectivity index (χ1n) is 14.3. The van der Waals surface area contributed by atoms with Gasteiger partial charge in [-0.25, -0.2) is 9.59 Å². The molecule has 42 heavy (non-hydrogen) atoms. The zero-order chi connectivity index (χ0) is 29.9. The number of aromatic amines is 2. The number of aromatic nitrogens is 8. The SMILES string of the molecule is CC(Cn1c(N2CCN(C)CC2)nc2c1c(=O)[nH]c(=O)n2C)Cn1c(N2CCN(C)CC2)nc2c1c(=O)[nH]c(=O)n2C. The van der Waals surface area contributed by atoms with Crippen molar-refractivity contribution in [3.8, 4) is 0 Å². The highest BCUT2D eigenvalue weighted by molar-refractivity contribution is 5.75. The summed E-state index contributed by atoms with van der Waals surface area (Å²) in [5.41, 5.74) is -0.633. The molecule has 0 spiro atoms. The Morgan fingerprint density at radius 1 is 0.619 bits per heavy atom. The summed E-state index contributed by atoms with van der Waals surface area (Å²) < 4.78 is 6.54. The lowest BCUT2D eigenvalue weighted by Crippen LogP contribution is -2.46. The summed E-state index contributed by atoms with van der Waals surface area (Å²) in [4.78, 5) is 74.3. The molecule has 2 saturated heterocycles. The van der Waals surface area contributed by atoms with E-state index in [0.29, 0.717) is 47.3 Å². The quantitative estimate of drug-likeness (QED) is 0.261. The molecule has 6 rings (SSSR count).